The van der Waals surface area contributed by atoms with E-state index in [0.29, 0.717) is 5.16 Å². The molecule has 1 aromatic rings. The van der Waals surface area contributed by atoms with Gasteiger partial charge >= 0.3 is 5.97 Å². The number of hydrogen-bond donors (Lipinski definition) is 1. The molecular weight excluding hydrogens is 190 g/mol. The van der Waals surface area contributed by atoms with Crippen LogP contribution in [0.2, 0.25) is 0 Å². The Labute approximate surface area is 79.7 Å². The van der Waals surface area contributed by atoms with Crippen molar-refractivity contribution in [1.82, 2.24) is 9.97 Å². The van der Waals surface area contributed by atoms with Crippen LogP contribution in [0, 0.1) is 0 Å². The van der Waals surface area contributed by atoms with Gasteiger partial charge in [-0.1, -0.05) is 11.8 Å². The minimum Gasteiger partial charge on any atom is -0.465 e. The summed E-state index contributed by atoms with van der Waals surface area (Å²) >= 11 is 1.36. The summed E-state index contributed by atoms with van der Waals surface area (Å²) in [7, 11) is 1.28. The summed E-state index contributed by atoms with van der Waals surface area (Å²) < 4.78 is 4.48. The maximum Gasteiger partial charge on any atom is 0.343 e. The number of aromatic nitrogens is 2. The second-order valence-electron chi connectivity index (χ2n) is 2.15. The van der Waals surface area contributed by atoms with E-state index >= 15 is 0 Å². The first kappa shape index (κ1) is 9.79. The highest BCUT2D eigenvalue weighted by Gasteiger charge is 2.11. The average molecular weight is 199 g/mol. The third-order valence-corrected chi connectivity index (χ3v) is 1.95. The van der Waals surface area contributed by atoms with E-state index in [2.05, 4.69) is 14.7 Å². The summed E-state index contributed by atoms with van der Waals surface area (Å²) in [5.41, 5.74) is 5.70. The van der Waals surface area contributed by atoms with Gasteiger partial charge in [0.2, 0.25) is 0 Å². The number of carbonyl (C=O) groups is 1. The summed E-state index contributed by atoms with van der Waals surface area (Å²) in [4.78, 5) is 18.8. The maximum atomic E-state index is 11.0. The molecule has 0 amide bonds. The Kier molecular flexibility index (Phi) is 3.07. The lowest BCUT2D eigenvalue weighted by molar-refractivity contribution is 0.0601. The van der Waals surface area contributed by atoms with Gasteiger partial charge in [-0.25, -0.2) is 14.8 Å². The van der Waals surface area contributed by atoms with E-state index < -0.39 is 5.97 Å². The van der Waals surface area contributed by atoms with E-state index in [0.717, 1.165) is 0 Å². The van der Waals surface area contributed by atoms with E-state index in [1.54, 1.807) is 0 Å². The number of hydrogen-bond acceptors (Lipinski definition) is 6. The van der Waals surface area contributed by atoms with Crippen LogP contribution >= 0.6 is 11.8 Å². The van der Waals surface area contributed by atoms with E-state index in [9.17, 15) is 4.79 Å². The molecule has 13 heavy (non-hydrogen) atoms. The predicted molar refractivity (Wildman–Crippen MR) is 49.6 cm³/mol. The van der Waals surface area contributed by atoms with Crippen molar-refractivity contribution in [2.75, 3.05) is 19.1 Å². The quantitative estimate of drug-likeness (QED) is 0.426. The van der Waals surface area contributed by atoms with Crippen LogP contribution < -0.4 is 5.73 Å². The van der Waals surface area contributed by atoms with Gasteiger partial charge in [-0.2, -0.15) is 0 Å². The van der Waals surface area contributed by atoms with E-state index in [1.807, 2.05) is 6.26 Å². The molecule has 1 heterocycles. The molecule has 1 aromatic heterocycles. The van der Waals surface area contributed by atoms with Gasteiger partial charge in [0.15, 0.2) is 5.16 Å². The minimum absolute atomic E-state index is 0.145. The SMILES string of the molecule is COC(=O)c1cnc(SC)nc1N. The van der Waals surface area contributed by atoms with Gasteiger partial charge in [0.1, 0.15) is 11.4 Å². The number of rotatable bonds is 2. The van der Waals surface area contributed by atoms with Gasteiger partial charge in [-0.3, -0.25) is 0 Å². The molecule has 2 N–H and O–H groups in total. The van der Waals surface area contributed by atoms with Crippen LogP contribution in [-0.2, 0) is 4.74 Å². The normalized spacial score (nSPS) is 9.69. The summed E-state index contributed by atoms with van der Waals surface area (Å²) in [5, 5.41) is 0.533. The van der Waals surface area contributed by atoms with Crippen molar-refractivity contribution in [3.05, 3.63) is 11.8 Å². The first-order chi connectivity index (χ1) is 6.19. The molecule has 0 fully saturated rings. The Hall–Kier alpha value is -1.30. The Balaban J connectivity index is 3.05. The molecule has 0 saturated heterocycles. The van der Waals surface area contributed by atoms with Gasteiger partial charge in [-0.05, 0) is 6.26 Å². The zero-order valence-electron chi connectivity index (χ0n) is 7.27. The van der Waals surface area contributed by atoms with Gasteiger partial charge in [0, 0.05) is 6.20 Å². The Morgan fingerprint density at radius 3 is 2.85 bits per heavy atom. The van der Waals surface area contributed by atoms with Crippen LogP contribution in [0.1, 0.15) is 10.4 Å². The molecule has 0 bridgehead atoms. The van der Waals surface area contributed by atoms with Crippen LogP contribution in [0.4, 0.5) is 5.82 Å². The van der Waals surface area contributed by atoms with Crippen molar-refractivity contribution in [2.45, 2.75) is 5.16 Å². The first-order valence-corrected chi connectivity index (χ1v) is 4.66. The molecule has 0 aliphatic rings. The van der Waals surface area contributed by atoms with E-state index in [4.69, 9.17) is 5.73 Å². The van der Waals surface area contributed by atoms with Crippen LogP contribution in [0.15, 0.2) is 11.4 Å². The number of nitrogens with zero attached hydrogens (tertiary/aromatic N) is 2. The molecule has 0 aromatic carbocycles. The molecule has 0 atom stereocenters. The van der Waals surface area contributed by atoms with Crippen LogP contribution in [0.5, 0.6) is 0 Å². The summed E-state index contributed by atoms with van der Waals surface area (Å²) in [6.07, 6.45) is 3.19. The largest absolute Gasteiger partial charge is 0.465 e. The second-order valence-corrected chi connectivity index (χ2v) is 2.92. The first-order valence-electron chi connectivity index (χ1n) is 3.44. The molecule has 70 valence electrons. The molecular formula is C7H9N3O2S. The highest BCUT2D eigenvalue weighted by atomic mass is 32.2. The Morgan fingerprint density at radius 1 is 1.69 bits per heavy atom. The van der Waals surface area contributed by atoms with Crippen LogP contribution in [0.25, 0.3) is 0 Å². The van der Waals surface area contributed by atoms with Crippen molar-refractivity contribution in [1.29, 1.82) is 0 Å². The standard InChI is InChI=1S/C7H9N3O2S/c1-12-6(11)4-3-9-7(13-2)10-5(4)8/h3H,1-2H3,(H2,8,9,10). The maximum absolute atomic E-state index is 11.0. The molecule has 0 aliphatic carbocycles. The lowest BCUT2D eigenvalue weighted by Gasteiger charge is -2.02. The fraction of sp³-hybridized carbons (Fsp3) is 0.286. The number of ether oxygens (including phenoxy) is 1. The molecule has 1 rings (SSSR count). The third kappa shape index (κ3) is 2.09. The minimum atomic E-state index is -0.523. The fourth-order valence-electron chi connectivity index (χ4n) is 0.744. The summed E-state index contributed by atoms with van der Waals surface area (Å²) in [6.45, 7) is 0. The lowest BCUT2D eigenvalue weighted by atomic mass is 10.3. The highest BCUT2D eigenvalue weighted by Crippen LogP contribution is 2.13. The van der Waals surface area contributed by atoms with Gasteiger partial charge in [-0.15, -0.1) is 0 Å². The average Bonchev–Trinajstić information content (AvgIpc) is 2.16. The van der Waals surface area contributed by atoms with Crippen molar-refractivity contribution in [2.24, 2.45) is 0 Å². The van der Waals surface area contributed by atoms with Crippen LogP contribution in [-0.4, -0.2) is 29.3 Å². The molecule has 0 radical (unpaired) electrons. The third-order valence-electron chi connectivity index (χ3n) is 1.38. The summed E-state index contributed by atoms with van der Waals surface area (Å²) in [5.74, 6) is -0.378. The second kappa shape index (κ2) is 4.08. The fourth-order valence-corrected chi connectivity index (χ4v) is 1.09. The molecule has 0 unspecified atom stereocenters. The lowest BCUT2D eigenvalue weighted by Crippen LogP contribution is -2.08. The van der Waals surface area contributed by atoms with Crippen LogP contribution in [0.3, 0.4) is 0 Å². The number of anilines is 1. The topological polar surface area (TPSA) is 78.1 Å². The van der Waals surface area contributed by atoms with Crippen molar-refractivity contribution < 1.29 is 9.53 Å². The number of nitrogens with two attached hydrogens (primary N) is 1. The van der Waals surface area contributed by atoms with Crippen molar-refractivity contribution >= 4 is 23.5 Å². The Bertz CT molecular complexity index is 330. The number of thioether (sulfide) groups is 1. The van der Waals surface area contributed by atoms with E-state index in [-0.39, 0.29) is 11.4 Å². The molecule has 0 spiro atoms. The zero-order chi connectivity index (χ0) is 9.84. The van der Waals surface area contributed by atoms with Gasteiger partial charge in [0.05, 0.1) is 7.11 Å². The number of methoxy groups -OCH3 is 1. The summed E-state index contributed by atoms with van der Waals surface area (Å²) in [6, 6.07) is 0. The smallest absolute Gasteiger partial charge is 0.343 e. The molecule has 6 heteroatoms. The highest BCUT2D eigenvalue weighted by molar-refractivity contribution is 7.98. The number of nitrogen functional groups attached to an aromatic ring is 1. The molecule has 0 saturated carbocycles. The Morgan fingerprint density at radius 2 is 2.38 bits per heavy atom. The predicted octanol–water partition coefficient (Wildman–Crippen LogP) is 0.567. The molecule has 0 aliphatic heterocycles. The van der Waals surface area contributed by atoms with Crippen molar-refractivity contribution in [3.8, 4) is 0 Å². The number of carbonyl (C=O) groups excluding carboxylic acids is 1. The molecule has 5 nitrogen and oxygen atoms in total. The van der Waals surface area contributed by atoms with Gasteiger partial charge in [0.25, 0.3) is 0 Å². The monoisotopic (exact) mass is 199 g/mol. The van der Waals surface area contributed by atoms with E-state index in [1.165, 1.54) is 25.1 Å². The zero-order valence-corrected chi connectivity index (χ0v) is 8.09. The van der Waals surface area contributed by atoms with Gasteiger partial charge < -0.3 is 10.5 Å². The van der Waals surface area contributed by atoms with Crippen molar-refractivity contribution in [3.63, 3.8) is 0 Å². The number of esters is 1.